The van der Waals surface area contributed by atoms with Crippen molar-refractivity contribution in [3.8, 4) is 23.4 Å². The van der Waals surface area contributed by atoms with Crippen LogP contribution in [0.2, 0.25) is 0 Å². The zero-order valence-corrected chi connectivity index (χ0v) is 9.38. The first-order valence-corrected chi connectivity index (χ1v) is 5.46. The predicted octanol–water partition coefficient (Wildman–Crippen LogP) is 2.91. The van der Waals surface area contributed by atoms with Gasteiger partial charge in [-0.05, 0) is 11.6 Å². The highest BCUT2D eigenvalue weighted by Crippen LogP contribution is 2.43. The first kappa shape index (κ1) is 10.3. The molecule has 0 amide bonds. The summed E-state index contributed by atoms with van der Waals surface area (Å²) in [6, 6.07) is 15.3. The molecule has 0 radical (unpaired) electrons. The fourth-order valence-corrected chi connectivity index (χ4v) is 2.28. The molecule has 0 aliphatic heterocycles. The maximum absolute atomic E-state index is 9.09. The Morgan fingerprint density at radius 3 is 2.28 bits per heavy atom. The summed E-state index contributed by atoms with van der Waals surface area (Å²) in [5, 5.41) is 18.2. The van der Waals surface area contributed by atoms with E-state index >= 15 is 0 Å². The Labute approximate surface area is 104 Å². The highest BCUT2D eigenvalue weighted by atomic mass is 14.7. The quantitative estimate of drug-likeness (QED) is 0.557. The lowest BCUT2D eigenvalue weighted by Gasteiger charge is -2.00. The van der Waals surface area contributed by atoms with Crippen LogP contribution in [0, 0.1) is 22.7 Å². The van der Waals surface area contributed by atoms with Crippen molar-refractivity contribution in [2.75, 3.05) is 0 Å². The first-order chi connectivity index (χ1) is 8.86. The summed E-state index contributed by atoms with van der Waals surface area (Å²) in [4.78, 5) is 4.35. The van der Waals surface area contributed by atoms with Crippen LogP contribution in [-0.2, 0) is 0 Å². The SMILES string of the molecule is N#CC(C#N)=C1c2ccccc2-c2ncccc21. The molecule has 82 valence electrons. The molecule has 18 heavy (non-hydrogen) atoms. The van der Waals surface area contributed by atoms with Gasteiger partial charge in [0.2, 0.25) is 0 Å². The molecule has 2 aromatic rings. The van der Waals surface area contributed by atoms with Crippen LogP contribution in [-0.4, -0.2) is 4.98 Å². The lowest BCUT2D eigenvalue weighted by molar-refractivity contribution is 1.33. The number of fused-ring (bicyclic) bond motifs is 3. The van der Waals surface area contributed by atoms with E-state index in [2.05, 4.69) is 4.98 Å². The van der Waals surface area contributed by atoms with E-state index in [0.29, 0.717) is 5.57 Å². The molecule has 0 saturated heterocycles. The van der Waals surface area contributed by atoms with Crippen molar-refractivity contribution in [2.45, 2.75) is 0 Å². The molecule has 0 spiro atoms. The number of benzene rings is 1. The second-order valence-corrected chi connectivity index (χ2v) is 3.92. The minimum atomic E-state index is 0.134. The highest BCUT2D eigenvalue weighted by Gasteiger charge is 2.26. The van der Waals surface area contributed by atoms with Crippen molar-refractivity contribution in [2.24, 2.45) is 0 Å². The van der Waals surface area contributed by atoms with Crippen molar-refractivity contribution >= 4 is 5.57 Å². The summed E-state index contributed by atoms with van der Waals surface area (Å²) in [7, 11) is 0. The topological polar surface area (TPSA) is 60.5 Å². The van der Waals surface area contributed by atoms with E-state index in [1.54, 1.807) is 6.20 Å². The minimum absolute atomic E-state index is 0.134. The molecule has 0 bridgehead atoms. The number of rotatable bonds is 0. The molecule has 3 nitrogen and oxygen atoms in total. The third kappa shape index (κ3) is 1.25. The van der Waals surface area contributed by atoms with Gasteiger partial charge in [-0.3, -0.25) is 4.98 Å². The molecule has 1 aromatic carbocycles. The van der Waals surface area contributed by atoms with Gasteiger partial charge in [0.05, 0.1) is 5.69 Å². The van der Waals surface area contributed by atoms with Crippen LogP contribution in [0.3, 0.4) is 0 Å². The number of pyridine rings is 1. The van der Waals surface area contributed by atoms with E-state index in [4.69, 9.17) is 10.5 Å². The average molecular weight is 229 g/mol. The van der Waals surface area contributed by atoms with Crippen LogP contribution in [0.25, 0.3) is 16.8 Å². The third-order valence-electron chi connectivity index (χ3n) is 3.00. The Morgan fingerprint density at radius 2 is 1.56 bits per heavy atom. The van der Waals surface area contributed by atoms with Crippen LogP contribution in [0.4, 0.5) is 0 Å². The van der Waals surface area contributed by atoms with Gasteiger partial charge in [0.15, 0.2) is 0 Å². The van der Waals surface area contributed by atoms with Gasteiger partial charge in [0.1, 0.15) is 17.7 Å². The summed E-state index contributed by atoms with van der Waals surface area (Å²) < 4.78 is 0. The number of aromatic nitrogens is 1. The van der Waals surface area contributed by atoms with E-state index in [9.17, 15) is 0 Å². The number of nitrogens with zero attached hydrogens (tertiary/aromatic N) is 3. The second kappa shape index (κ2) is 3.84. The van der Waals surface area contributed by atoms with Crippen LogP contribution >= 0.6 is 0 Å². The van der Waals surface area contributed by atoms with Crippen LogP contribution in [0.1, 0.15) is 11.1 Å². The molecule has 0 atom stereocenters. The van der Waals surface area contributed by atoms with Crippen molar-refractivity contribution in [3.63, 3.8) is 0 Å². The summed E-state index contributed by atoms with van der Waals surface area (Å²) in [6.45, 7) is 0. The summed E-state index contributed by atoms with van der Waals surface area (Å²) >= 11 is 0. The molecule has 3 heteroatoms. The maximum Gasteiger partial charge on any atom is 0.138 e. The van der Waals surface area contributed by atoms with E-state index in [-0.39, 0.29) is 5.57 Å². The van der Waals surface area contributed by atoms with Gasteiger partial charge in [-0.1, -0.05) is 30.3 Å². The van der Waals surface area contributed by atoms with E-state index in [1.165, 1.54) is 0 Å². The molecular weight excluding hydrogens is 222 g/mol. The van der Waals surface area contributed by atoms with Crippen molar-refractivity contribution in [1.82, 2.24) is 4.98 Å². The molecule has 0 N–H and O–H groups in total. The molecule has 1 aliphatic rings. The molecule has 3 rings (SSSR count). The summed E-state index contributed by atoms with van der Waals surface area (Å²) in [5.74, 6) is 0. The lowest BCUT2D eigenvalue weighted by atomic mass is 10.00. The Balaban J connectivity index is 2.47. The number of hydrogen-bond acceptors (Lipinski definition) is 3. The van der Waals surface area contributed by atoms with E-state index in [0.717, 1.165) is 22.4 Å². The Kier molecular flexibility index (Phi) is 2.19. The van der Waals surface area contributed by atoms with Gasteiger partial charge in [0, 0.05) is 22.9 Å². The van der Waals surface area contributed by atoms with Gasteiger partial charge < -0.3 is 0 Å². The molecule has 1 aromatic heterocycles. The van der Waals surface area contributed by atoms with Crippen LogP contribution < -0.4 is 0 Å². The number of allylic oxidation sites excluding steroid dienone is 1. The Bertz CT molecular complexity index is 694. The molecule has 0 fully saturated rings. The molecule has 1 aliphatic carbocycles. The predicted molar refractivity (Wildman–Crippen MR) is 66.9 cm³/mol. The Morgan fingerprint density at radius 1 is 0.889 bits per heavy atom. The van der Waals surface area contributed by atoms with Gasteiger partial charge >= 0.3 is 0 Å². The fourth-order valence-electron chi connectivity index (χ4n) is 2.28. The standard InChI is InChI=1S/C15H7N3/c16-8-10(9-17)14-11-4-1-2-5-12(11)15-13(14)6-3-7-18-15/h1-7H. The molecular formula is C15H7N3. The maximum atomic E-state index is 9.09. The minimum Gasteiger partial charge on any atom is -0.256 e. The van der Waals surface area contributed by atoms with Gasteiger partial charge in [-0.15, -0.1) is 0 Å². The number of hydrogen-bond donors (Lipinski definition) is 0. The Hall–Kier alpha value is -2.91. The second-order valence-electron chi connectivity index (χ2n) is 3.92. The van der Waals surface area contributed by atoms with E-state index in [1.807, 2.05) is 48.5 Å². The van der Waals surface area contributed by atoms with Crippen molar-refractivity contribution in [3.05, 3.63) is 59.3 Å². The zero-order valence-electron chi connectivity index (χ0n) is 9.38. The average Bonchev–Trinajstić information content (AvgIpc) is 2.76. The third-order valence-corrected chi connectivity index (χ3v) is 3.00. The van der Waals surface area contributed by atoms with Gasteiger partial charge in [-0.2, -0.15) is 10.5 Å². The largest absolute Gasteiger partial charge is 0.256 e. The van der Waals surface area contributed by atoms with Crippen molar-refractivity contribution in [1.29, 1.82) is 10.5 Å². The lowest BCUT2D eigenvalue weighted by Crippen LogP contribution is -1.87. The smallest absolute Gasteiger partial charge is 0.138 e. The van der Waals surface area contributed by atoms with Crippen LogP contribution in [0.15, 0.2) is 48.2 Å². The van der Waals surface area contributed by atoms with Crippen molar-refractivity contribution < 1.29 is 0 Å². The number of nitriles is 2. The summed E-state index contributed by atoms with van der Waals surface area (Å²) in [6.07, 6.45) is 1.72. The summed E-state index contributed by atoms with van der Waals surface area (Å²) in [5.41, 5.74) is 4.41. The fraction of sp³-hybridized carbons (Fsp3) is 0. The van der Waals surface area contributed by atoms with E-state index < -0.39 is 0 Å². The molecule has 0 saturated carbocycles. The highest BCUT2D eigenvalue weighted by molar-refractivity contribution is 6.02. The monoisotopic (exact) mass is 229 g/mol. The molecule has 0 unspecified atom stereocenters. The first-order valence-electron chi connectivity index (χ1n) is 5.46. The normalized spacial score (nSPS) is 11.1. The van der Waals surface area contributed by atoms with Gasteiger partial charge in [-0.25, -0.2) is 0 Å². The van der Waals surface area contributed by atoms with Gasteiger partial charge in [0.25, 0.3) is 0 Å². The zero-order chi connectivity index (χ0) is 12.5. The molecule has 1 heterocycles. The van der Waals surface area contributed by atoms with Crippen LogP contribution in [0.5, 0.6) is 0 Å².